The Morgan fingerprint density at radius 2 is 2.15 bits per heavy atom. The van der Waals surface area contributed by atoms with Gasteiger partial charge in [-0.3, -0.25) is 5.10 Å². The Bertz CT molecular complexity index is 332. The largest absolute Gasteiger partial charge is 0.308 e. The summed E-state index contributed by atoms with van der Waals surface area (Å²) in [6, 6.07) is 0. The van der Waals surface area contributed by atoms with Crippen LogP contribution >= 0.6 is 0 Å². The summed E-state index contributed by atoms with van der Waals surface area (Å²) in [5.41, 5.74) is 2.14. The number of aromatic nitrogens is 2. The monoisotopic (exact) mass is 175 g/mol. The lowest BCUT2D eigenvalue weighted by Crippen LogP contribution is -2.34. The molecule has 1 aromatic heterocycles. The van der Waals surface area contributed by atoms with Crippen molar-refractivity contribution in [2.45, 2.75) is 12.5 Å². The molecule has 1 heterocycles. The summed E-state index contributed by atoms with van der Waals surface area (Å²) in [6.45, 7) is 2.12. The molecule has 0 saturated carbocycles. The van der Waals surface area contributed by atoms with E-state index < -0.39 is 0 Å². The molecule has 0 radical (unpaired) electrons. The maximum atomic E-state index is 3.97. The third-order valence-electron chi connectivity index (χ3n) is 2.44. The quantitative estimate of drug-likeness (QED) is 0.678. The van der Waals surface area contributed by atoms with Crippen LogP contribution in [-0.2, 0) is 0 Å². The minimum absolute atomic E-state index is 0.0557. The topological polar surface area (TPSA) is 40.7 Å². The predicted octanol–water partition coefficient (Wildman–Crippen LogP) is 1.43. The summed E-state index contributed by atoms with van der Waals surface area (Å²) in [5, 5.41) is 10.2. The Balaban J connectivity index is 2.43. The molecule has 1 aliphatic rings. The Kier molecular flexibility index (Phi) is 1.81. The molecule has 3 nitrogen and oxygen atoms in total. The summed E-state index contributed by atoms with van der Waals surface area (Å²) in [6.07, 6.45) is 10.2. The van der Waals surface area contributed by atoms with Crippen molar-refractivity contribution in [2.24, 2.45) is 0 Å². The van der Waals surface area contributed by atoms with Gasteiger partial charge in [0.1, 0.15) is 0 Å². The third-order valence-corrected chi connectivity index (χ3v) is 2.44. The number of aromatic amines is 1. The fourth-order valence-electron chi connectivity index (χ4n) is 1.31. The first-order valence-corrected chi connectivity index (χ1v) is 4.34. The third kappa shape index (κ3) is 1.42. The van der Waals surface area contributed by atoms with Crippen LogP contribution in [0.15, 0.2) is 18.3 Å². The van der Waals surface area contributed by atoms with Crippen molar-refractivity contribution in [3.05, 3.63) is 29.6 Å². The summed E-state index contributed by atoms with van der Waals surface area (Å²) >= 11 is 0. The second kappa shape index (κ2) is 2.85. The van der Waals surface area contributed by atoms with E-state index in [1.54, 1.807) is 0 Å². The average molecular weight is 175 g/mol. The van der Waals surface area contributed by atoms with Gasteiger partial charge in [-0.2, -0.15) is 5.10 Å². The smallest absolute Gasteiger partial charge is 0.0647 e. The van der Waals surface area contributed by atoms with Crippen LogP contribution < -0.4 is 5.32 Å². The van der Waals surface area contributed by atoms with E-state index in [2.05, 4.69) is 46.7 Å². The van der Waals surface area contributed by atoms with Crippen LogP contribution in [-0.4, -0.2) is 22.8 Å². The molecular weight excluding hydrogens is 162 g/mol. The Hall–Kier alpha value is -1.35. The van der Waals surface area contributed by atoms with Gasteiger partial charge in [-0.05, 0) is 20.0 Å². The Morgan fingerprint density at radius 3 is 2.92 bits per heavy atom. The number of likely N-dealkylation sites (N-methyl/N-ethyl adjacent to an activating group) is 1. The van der Waals surface area contributed by atoms with Crippen LogP contribution in [0.1, 0.15) is 18.2 Å². The zero-order valence-electron chi connectivity index (χ0n) is 7.83. The molecule has 13 heavy (non-hydrogen) atoms. The van der Waals surface area contributed by atoms with Crippen molar-refractivity contribution in [3.63, 3.8) is 0 Å². The molecule has 0 fully saturated rings. The van der Waals surface area contributed by atoms with Crippen molar-refractivity contribution in [2.75, 3.05) is 7.05 Å². The SMILES string of the molecule is CNC1(C)C=Cc2cn[nH]c2C=C1. The molecule has 0 bridgehead atoms. The zero-order chi connectivity index (χ0) is 9.31. The molecule has 0 spiro atoms. The van der Waals surface area contributed by atoms with E-state index in [1.165, 1.54) is 0 Å². The summed E-state index contributed by atoms with van der Waals surface area (Å²) in [4.78, 5) is 0. The molecule has 0 aromatic carbocycles. The van der Waals surface area contributed by atoms with Gasteiger partial charge in [0.2, 0.25) is 0 Å². The maximum Gasteiger partial charge on any atom is 0.0647 e. The van der Waals surface area contributed by atoms with Crippen LogP contribution in [0.25, 0.3) is 12.2 Å². The van der Waals surface area contributed by atoms with Gasteiger partial charge in [0.25, 0.3) is 0 Å². The second-order valence-corrected chi connectivity index (χ2v) is 3.44. The first-order chi connectivity index (χ1) is 6.23. The van der Waals surface area contributed by atoms with Gasteiger partial charge in [0, 0.05) is 5.56 Å². The summed E-state index contributed by atoms with van der Waals surface area (Å²) < 4.78 is 0. The van der Waals surface area contributed by atoms with Gasteiger partial charge in [-0.15, -0.1) is 0 Å². The first-order valence-electron chi connectivity index (χ1n) is 4.34. The number of nitrogens with one attached hydrogen (secondary N) is 2. The highest BCUT2D eigenvalue weighted by Gasteiger charge is 2.16. The number of fused-ring (bicyclic) bond motifs is 1. The molecule has 2 rings (SSSR count). The molecule has 1 aliphatic carbocycles. The van der Waals surface area contributed by atoms with Gasteiger partial charge in [-0.25, -0.2) is 0 Å². The lowest BCUT2D eigenvalue weighted by atomic mass is 10.0. The lowest BCUT2D eigenvalue weighted by Gasteiger charge is -2.19. The van der Waals surface area contributed by atoms with Crippen molar-refractivity contribution in [1.29, 1.82) is 0 Å². The van der Waals surface area contributed by atoms with E-state index in [1.807, 2.05) is 13.2 Å². The van der Waals surface area contributed by atoms with Gasteiger partial charge in [0.15, 0.2) is 0 Å². The molecular formula is C10H13N3. The van der Waals surface area contributed by atoms with Crippen LogP contribution in [0.2, 0.25) is 0 Å². The highest BCUT2D eigenvalue weighted by atomic mass is 15.1. The summed E-state index contributed by atoms with van der Waals surface area (Å²) in [7, 11) is 1.95. The van der Waals surface area contributed by atoms with E-state index in [0.717, 1.165) is 11.3 Å². The highest BCUT2D eigenvalue weighted by Crippen LogP contribution is 2.19. The van der Waals surface area contributed by atoms with Gasteiger partial charge >= 0.3 is 0 Å². The van der Waals surface area contributed by atoms with Gasteiger partial charge in [0.05, 0.1) is 17.4 Å². The van der Waals surface area contributed by atoms with Crippen LogP contribution in [0.3, 0.4) is 0 Å². The van der Waals surface area contributed by atoms with Gasteiger partial charge in [-0.1, -0.05) is 18.2 Å². The molecule has 1 aromatic rings. The predicted molar refractivity (Wildman–Crippen MR) is 54.1 cm³/mol. The van der Waals surface area contributed by atoms with E-state index >= 15 is 0 Å². The number of nitrogens with zero attached hydrogens (tertiary/aromatic N) is 1. The van der Waals surface area contributed by atoms with E-state index in [-0.39, 0.29) is 5.54 Å². The Morgan fingerprint density at radius 1 is 1.38 bits per heavy atom. The number of H-pyrrole nitrogens is 1. The van der Waals surface area contributed by atoms with Crippen molar-refractivity contribution in [1.82, 2.24) is 15.5 Å². The highest BCUT2D eigenvalue weighted by molar-refractivity contribution is 5.66. The van der Waals surface area contributed by atoms with Crippen LogP contribution in [0.5, 0.6) is 0 Å². The minimum atomic E-state index is -0.0557. The molecule has 1 atom stereocenters. The molecule has 68 valence electrons. The maximum absolute atomic E-state index is 3.97. The number of hydrogen-bond acceptors (Lipinski definition) is 2. The number of rotatable bonds is 1. The van der Waals surface area contributed by atoms with Crippen molar-refractivity contribution >= 4 is 12.2 Å². The van der Waals surface area contributed by atoms with Crippen LogP contribution in [0.4, 0.5) is 0 Å². The normalized spacial score (nSPS) is 25.7. The molecule has 1 unspecified atom stereocenters. The second-order valence-electron chi connectivity index (χ2n) is 3.44. The molecule has 0 aliphatic heterocycles. The molecule has 2 N–H and O–H groups in total. The van der Waals surface area contributed by atoms with E-state index in [4.69, 9.17) is 0 Å². The number of hydrogen-bond donors (Lipinski definition) is 2. The first kappa shape index (κ1) is 8.26. The fraction of sp³-hybridized carbons (Fsp3) is 0.300. The summed E-state index contributed by atoms with van der Waals surface area (Å²) in [5.74, 6) is 0. The van der Waals surface area contributed by atoms with Gasteiger partial charge < -0.3 is 5.32 Å². The molecule has 0 saturated heterocycles. The zero-order valence-corrected chi connectivity index (χ0v) is 7.83. The van der Waals surface area contributed by atoms with Crippen molar-refractivity contribution < 1.29 is 0 Å². The Labute approximate surface area is 77.5 Å². The van der Waals surface area contributed by atoms with E-state index in [9.17, 15) is 0 Å². The average Bonchev–Trinajstić information content (AvgIpc) is 2.54. The minimum Gasteiger partial charge on any atom is -0.308 e. The molecule has 0 amide bonds. The fourth-order valence-corrected chi connectivity index (χ4v) is 1.31. The lowest BCUT2D eigenvalue weighted by molar-refractivity contribution is 0.593. The van der Waals surface area contributed by atoms with Crippen LogP contribution in [0, 0.1) is 0 Å². The standard InChI is InChI=1S/C10H13N3/c1-10(11-2)5-3-8-7-12-13-9(8)4-6-10/h3-7,11H,1-2H3,(H,12,13). The van der Waals surface area contributed by atoms with E-state index in [0.29, 0.717) is 0 Å². The van der Waals surface area contributed by atoms with Crippen molar-refractivity contribution in [3.8, 4) is 0 Å². The molecule has 3 heteroatoms.